The quantitative estimate of drug-likeness (QED) is 0.119. The summed E-state index contributed by atoms with van der Waals surface area (Å²) >= 11 is 19.8. The van der Waals surface area contributed by atoms with Gasteiger partial charge < -0.3 is 4.74 Å². The Morgan fingerprint density at radius 1 is 1.06 bits per heavy atom. The number of thioether (sulfide) groups is 1. The topological polar surface area (TPSA) is 83.1 Å². The molecular formula is C24H18Cl3FN4O3S. The van der Waals surface area contributed by atoms with Gasteiger partial charge in [0.2, 0.25) is 6.54 Å². The van der Waals surface area contributed by atoms with E-state index in [2.05, 4.69) is 10.2 Å². The lowest BCUT2D eigenvalue weighted by molar-refractivity contribution is -0.479. The van der Waals surface area contributed by atoms with Crippen LogP contribution in [0, 0.1) is 22.9 Å². The van der Waals surface area contributed by atoms with Crippen LogP contribution in [-0.2, 0) is 6.61 Å². The molecule has 0 aliphatic rings. The zero-order valence-electron chi connectivity index (χ0n) is 18.7. The molecular weight excluding hydrogens is 550 g/mol. The van der Waals surface area contributed by atoms with Gasteiger partial charge in [0.05, 0.1) is 5.02 Å². The van der Waals surface area contributed by atoms with Crippen molar-refractivity contribution in [2.45, 2.75) is 23.9 Å². The second-order valence-corrected chi connectivity index (χ2v) is 10.1. The standard InChI is InChI=1S/C24H18Cl3FN4O3S/c1-14-29-30-24(32(14)19-7-5-18(28)6-8-19)36-23(12-31(33)34)15-3-9-22(21(27)10-15)35-13-16-2-4-17(25)11-20(16)26/h2-11,23H,12-13H2,1H3/t23-/m1/s1. The second-order valence-electron chi connectivity index (χ2n) is 7.68. The van der Waals surface area contributed by atoms with Crippen LogP contribution in [0.4, 0.5) is 4.39 Å². The average Bonchev–Trinajstić information content (AvgIpc) is 3.19. The molecule has 0 saturated heterocycles. The van der Waals surface area contributed by atoms with Crippen LogP contribution in [-0.4, -0.2) is 26.2 Å². The van der Waals surface area contributed by atoms with E-state index >= 15 is 0 Å². The van der Waals surface area contributed by atoms with Crippen LogP contribution in [0.15, 0.2) is 65.8 Å². The van der Waals surface area contributed by atoms with Gasteiger partial charge in [-0.2, -0.15) is 0 Å². The molecule has 0 N–H and O–H groups in total. The van der Waals surface area contributed by atoms with Gasteiger partial charge in [0, 0.05) is 26.2 Å². The van der Waals surface area contributed by atoms with Crippen molar-refractivity contribution < 1.29 is 14.1 Å². The summed E-state index contributed by atoms with van der Waals surface area (Å²) in [6.07, 6.45) is 0. The van der Waals surface area contributed by atoms with Crippen molar-refractivity contribution in [2.24, 2.45) is 0 Å². The number of aryl methyl sites for hydroxylation is 1. The number of nitrogens with zero attached hydrogens (tertiary/aromatic N) is 4. The van der Waals surface area contributed by atoms with Crippen LogP contribution in [0.2, 0.25) is 15.1 Å². The molecule has 0 fully saturated rings. The van der Waals surface area contributed by atoms with Crippen molar-refractivity contribution in [1.82, 2.24) is 14.8 Å². The second kappa shape index (κ2) is 11.5. The predicted molar refractivity (Wildman–Crippen MR) is 139 cm³/mol. The molecule has 0 unspecified atom stereocenters. The van der Waals surface area contributed by atoms with Crippen LogP contribution >= 0.6 is 46.6 Å². The van der Waals surface area contributed by atoms with Gasteiger partial charge in [0.25, 0.3) is 0 Å². The van der Waals surface area contributed by atoms with E-state index in [0.29, 0.717) is 43.0 Å². The lowest BCUT2D eigenvalue weighted by Crippen LogP contribution is -2.11. The fourth-order valence-corrected chi connectivity index (χ4v) is 5.28. The van der Waals surface area contributed by atoms with Gasteiger partial charge in [-0.05, 0) is 61.0 Å². The van der Waals surface area contributed by atoms with Crippen molar-refractivity contribution in [3.05, 3.63) is 109 Å². The molecule has 1 heterocycles. The fourth-order valence-electron chi connectivity index (χ4n) is 3.41. The first kappa shape index (κ1) is 26.2. The summed E-state index contributed by atoms with van der Waals surface area (Å²) in [5, 5.41) is 20.8. The Balaban J connectivity index is 1.57. The minimum Gasteiger partial charge on any atom is -0.487 e. The van der Waals surface area contributed by atoms with E-state index < -0.39 is 10.2 Å². The highest BCUT2D eigenvalue weighted by Crippen LogP contribution is 2.39. The van der Waals surface area contributed by atoms with Gasteiger partial charge in [-0.1, -0.05) is 58.7 Å². The number of hydrogen-bond acceptors (Lipinski definition) is 6. The van der Waals surface area contributed by atoms with Crippen molar-refractivity contribution in [3.63, 3.8) is 0 Å². The maximum atomic E-state index is 13.4. The van der Waals surface area contributed by atoms with E-state index in [1.54, 1.807) is 60.0 Å². The molecule has 7 nitrogen and oxygen atoms in total. The highest BCUT2D eigenvalue weighted by Gasteiger charge is 2.24. The van der Waals surface area contributed by atoms with Gasteiger partial charge in [0.15, 0.2) is 5.16 Å². The van der Waals surface area contributed by atoms with E-state index in [0.717, 1.165) is 5.56 Å². The summed E-state index contributed by atoms with van der Waals surface area (Å²) in [7, 11) is 0. The summed E-state index contributed by atoms with van der Waals surface area (Å²) in [4.78, 5) is 11.1. The van der Waals surface area contributed by atoms with Crippen molar-refractivity contribution in [2.75, 3.05) is 6.54 Å². The molecule has 0 amide bonds. The smallest absolute Gasteiger partial charge is 0.220 e. The van der Waals surface area contributed by atoms with Crippen molar-refractivity contribution >= 4 is 46.6 Å². The van der Waals surface area contributed by atoms with Crippen LogP contribution in [0.1, 0.15) is 22.2 Å². The predicted octanol–water partition coefficient (Wildman–Crippen LogP) is 7.36. The summed E-state index contributed by atoms with van der Waals surface area (Å²) in [5.41, 5.74) is 1.99. The van der Waals surface area contributed by atoms with Gasteiger partial charge >= 0.3 is 0 Å². The van der Waals surface area contributed by atoms with Gasteiger partial charge in [-0.3, -0.25) is 14.7 Å². The lowest BCUT2D eigenvalue weighted by atomic mass is 10.1. The van der Waals surface area contributed by atoms with E-state index in [-0.39, 0.29) is 19.0 Å². The number of halogens is 4. The maximum Gasteiger partial charge on any atom is 0.220 e. The Morgan fingerprint density at radius 2 is 1.81 bits per heavy atom. The zero-order chi connectivity index (χ0) is 25.8. The number of hydrogen-bond donors (Lipinski definition) is 0. The number of aromatic nitrogens is 3. The van der Waals surface area contributed by atoms with Crippen LogP contribution in [0.5, 0.6) is 5.75 Å². The molecule has 12 heteroatoms. The number of nitro groups is 1. The molecule has 1 aromatic heterocycles. The minimum absolute atomic E-state index is 0.169. The normalized spacial score (nSPS) is 11.9. The number of benzene rings is 3. The fraction of sp³-hybridized carbons (Fsp3) is 0.167. The van der Waals surface area contributed by atoms with Crippen LogP contribution < -0.4 is 4.74 Å². The summed E-state index contributed by atoms with van der Waals surface area (Å²) in [6, 6.07) is 15.9. The van der Waals surface area contributed by atoms with Crippen LogP contribution in [0.3, 0.4) is 0 Å². The van der Waals surface area contributed by atoms with E-state index in [1.165, 1.54) is 23.9 Å². The van der Waals surface area contributed by atoms with Crippen molar-refractivity contribution in [3.8, 4) is 11.4 Å². The van der Waals surface area contributed by atoms with E-state index in [1.807, 2.05) is 0 Å². The molecule has 0 spiro atoms. The van der Waals surface area contributed by atoms with E-state index in [9.17, 15) is 14.5 Å². The van der Waals surface area contributed by atoms with Crippen molar-refractivity contribution in [1.29, 1.82) is 0 Å². The first-order valence-corrected chi connectivity index (χ1v) is 12.5. The minimum atomic E-state index is -0.625. The summed E-state index contributed by atoms with van der Waals surface area (Å²) in [5.74, 6) is 0.591. The molecule has 186 valence electrons. The third-order valence-corrected chi connectivity index (χ3v) is 7.23. The Bertz CT molecular complexity index is 1400. The number of rotatable bonds is 9. The zero-order valence-corrected chi connectivity index (χ0v) is 21.8. The molecule has 1 atom stereocenters. The third kappa shape index (κ3) is 6.28. The molecule has 0 aliphatic heterocycles. The molecule has 0 bridgehead atoms. The Hall–Kier alpha value is -2.85. The molecule has 3 aromatic carbocycles. The first-order chi connectivity index (χ1) is 17.2. The summed E-state index contributed by atoms with van der Waals surface area (Å²) in [6.45, 7) is 1.54. The molecule has 0 radical (unpaired) electrons. The Labute approximate surface area is 225 Å². The highest BCUT2D eigenvalue weighted by atomic mass is 35.5. The average molecular weight is 568 g/mol. The third-order valence-electron chi connectivity index (χ3n) is 5.17. The Kier molecular flexibility index (Phi) is 8.35. The first-order valence-electron chi connectivity index (χ1n) is 10.5. The molecule has 4 aromatic rings. The monoisotopic (exact) mass is 566 g/mol. The van der Waals surface area contributed by atoms with Gasteiger partial charge in [-0.15, -0.1) is 10.2 Å². The molecule has 36 heavy (non-hydrogen) atoms. The SMILES string of the molecule is Cc1nnc(S[C@H](C[N+](=O)[O-])c2ccc(OCc3ccc(Cl)cc3Cl)c(Cl)c2)n1-c1ccc(F)cc1. The highest BCUT2D eigenvalue weighted by molar-refractivity contribution is 7.99. The summed E-state index contributed by atoms with van der Waals surface area (Å²) < 4.78 is 20.9. The largest absolute Gasteiger partial charge is 0.487 e. The van der Waals surface area contributed by atoms with Crippen LogP contribution in [0.25, 0.3) is 5.69 Å². The lowest BCUT2D eigenvalue weighted by Gasteiger charge is -2.16. The Morgan fingerprint density at radius 3 is 2.47 bits per heavy atom. The van der Waals surface area contributed by atoms with E-state index in [4.69, 9.17) is 39.5 Å². The molecule has 0 aliphatic carbocycles. The molecule has 4 rings (SSSR count). The number of ether oxygens (including phenoxy) is 1. The molecule has 0 saturated carbocycles. The maximum absolute atomic E-state index is 13.4. The van der Waals surface area contributed by atoms with Gasteiger partial charge in [-0.25, -0.2) is 4.39 Å². The van der Waals surface area contributed by atoms with Gasteiger partial charge in [0.1, 0.15) is 29.2 Å².